The molecule has 1 aromatic carbocycles. The van der Waals surface area contributed by atoms with Crippen molar-refractivity contribution in [3.05, 3.63) is 22.8 Å². The van der Waals surface area contributed by atoms with Crippen molar-refractivity contribution in [3.8, 4) is 5.75 Å². The minimum Gasteiger partial charge on any atom is -0.475 e. The number of aromatic nitrogens is 2. The molecule has 0 aliphatic heterocycles. The number of benzene rings is 1. The van der Waals surface area contributed by atoms with Crippen LogP contribution in [-0.2, 0) is 16.9 Å². The van der Waals surface area contributed by atoms with Crippen molar-refractivity contribution >= 4 is 36.7 Å². The van der Waals surface area contributed by atoms with Crippen LogP contribution in [0.15, 0.2) is 22.8 Å². The van der Waals surface area contributed by atoms with Gasteiger partial charge in [-0.25, -0.2) is 8.42 Å². The maximum atomic E-state index is 11.1. The largest absolute Gasteiger partial charge is 0.475 e. The molecule has 0 unspecified atom stereocenters. The second-order valence-electron chi connectivity index (χ2n) is 3.80. The van der Waals surface area contributed by atoms with Gasteiger partial charge in [-0.05, 0) is 12.1 Å². The molecule has 17 heavy (non-hydrogen) atoms. The zero-order chi connectivity index (χ0) is 12.6. The first kappa shape index (κ1) is 12.4. The Bertz CT molecular complexity index is 663. The smallest absolute Gasteiger partial charge is 0.189 e. The number of aryl methyl sites for hydroxylation is 1. The Balaban J connectivity index is 2.44. The number of rotatable bonds is 3. The van der Waals surface area contributed by atoms with Gasteiger partial charge in [0.15, 0.2) is 15.8 Å². The van der Waals surface area contributed by atoms with E-state index in [9.17, 15) is 8.42 Å². The molecule has 0 saturated heterocycles. The molecule has 0 aliphatic rings. The zero-order valence-electron chi connectivity index (χ0n) is 9.34. The maximum Gasteiger partial charge on any atom is 0.189 e. The van der Waals surface area contributed by atoms with Crippen molar-refractivity contribution in [1.82, 2.24) is 9.78 Å². The van der Waals surface area contributed by atoms with Crippen molar-refractivity contribution in [2.24, 2.45) is 7.05 Å². The highest BCUT2D eigenvalue weighted by Crippen LogP contribution is 2.30. The van der Waals surface area contributed by atoms with E-state index in [0.29, 0.717) is 11.3 Å². The summed E-state index contributed by atoms with van der Waals surface area (Å²) in [5.41, 5.74) is 0.644. The molecule has 0 bridgehead atoms. The quantitative estimate of drug-likeness (QED) is 0.864. The number of sulfone groups is 1. The highest BCUT2D eigenvalue weighted by molar-refractivity contribution is 9.10. The number of ether oxygens (including phenoxy) is 1. The molecule has 2 rings (SSSR count). The SMILES string of the molecule is Cn1cc2c(Br)ccc(OCS(C)(=O)=O)c2n1. The molecule has 1 heterocycles. The van der Waals surface area contributed by atoms with Crippen LogP contribution in [-0.4, -0.2) is 30.4 Å². The molecule has 0 aliphatic carbocycles. The molecular weight excluding hydrogens is 308 g/mol. The molecule has 0 N–H and O–H groups in total. The second-order valence-corrected chi connectivity index (χ2v) is 6.74. The predicted molar refractivity (Wildman–Crippen MR) is 68.8 cm³/mol. The second kappa shape index (κ2) is 4.30. The summed E-state index contributed by atoms with van der Waals surface area (Å²) < 4.78 is 29.9. The van der Waals surface area contributed by atoms with Crippen LogP contribution in [0.25, 0.3) is 10.9 Å². The lowest BCUT2D eigenvalue weighted by molar-refractivity contribution is 0.381. The van der Waals surface area contributed by atoms with Gasteiger partial charge in [-0.3, -0.25) is 4.68 Å². The third-order valence-corrected chi connectivity index (χ3v) is 3.37. The highest BCUT2D eigenvalue weighted by Gasteiger charge is 2.11. The van der Waals surface area contributed by atoms with E-state index < -0.39 is 9.84 Å². The van der Waals surface area contributed by atoms with Crippen LogP contribution in [0, 0.1) is 0 Å². The van der Waals surface area contributed by atoms with Gasteiger partial charge < -0.3 is 4.74 Å². The molecule has 92 valence electrons. The molecule has 0 atom stereocenters. The molecule has 5 nitrogen and oxygen atoms in total. The normalized spacial score (nSPS) is 11.9. The van der Waals surface area contributed by atoms with Gasteiger partial charge in [0.1, 0.15) is 11.3 Å². The monoisotopic (exact) mass is 318 g/mol. The van der Waals surface area contributed by atoms with Gasteiger partial charge >= 0.3 is 0 Å². The molecule has 0 radical (unpaired) electrons. The van der Waals surface area contributed by atoms with E-state index in [0.717, 1.165) is 16.1 Å². The predicted octanol–water partition coefficient (Wildman–Crippen LogP) is 1.72. The summed E-state index contributed by atoms with van der Waals surface area (Å²) in [7, 11) is -1.36. The van der Waals surface area contributed by atoms with Gasteiger partial charge in [0, 0.05) is 29.4 Å². The van der Waals surface area contributed by atoms with Gasteiger partial charge in [0.2, 0.25) is 0 Å². The summed E-state index contributed by atoms with van der Waals surface area (Å²) in [6.07, 6.45) is 2.97. The molecule has 0 saturated carbocycles. The van der Waals surface area contributed by atoms with Crippen LogP contribution in [0.3, 0.4) is 0 Å². The van der Waals surface area contributed by atoms with Crippen LogP contribution in [0.4, 0.5) is 0 Å². The lowest BCUT2D eigenvalue weighted by Gasteiger charge is -2.05. The van der Waals surface area contributed by atoms with Gasteiger partial charge in [0.05, 0.1) is 0 Å². The summed E-state index contributed by atoms with van der Waals surface area (Å²) in [5, 5.41) is 5.13. The van der Waals surface area contributed by atoms with Crippen molar-refractivity contribution in [1.29, 1.82) is 0 Å². The standard InChI is InChI=1S/C10H11BrN2O3S/c1-13-5-7-8(11)3-4-9(10(7)12-13)16-6-17(2,14)15/h3-5H,6H2,1-2H3. The maximum absolute atomic E-state index is 11.1. The number of hydrogen-bond acceptors (Lipinski definition) is 4. The fourth-order valence-electron chi connectivity index (χ4n) is 1.45. The molecule has 1 aromatic heterocycles. The third kappa shape index (κ3) is 2.78. The van der Waals surface area contributed by atoms with Crippen molar-refractivity contribution < 1.29 is 13.2 Å². The first-order chi connectivity index (χ1) is 7.87. The average molecular weight is 319 g/mol. The van der Waals surface area contributed by atoms with Gasteiger partial charge in [-0.2, -0.15) is 5.10 Å². The lowest BCUT2D eigenvalue weighted by atomic mass is 10.2. The summed E-state index contributed by atoms with van der Waals surface area (Å²) in [6.45, 7) is 0. The van der Waals surface area contributed by atoms with Crippen LogP contribution in [0.1, 0.15) is 0 Å². The van der Waals surface area contributed by atoms with E-state index >= 15 is 0 Å². The number of hydrogen-bond donors (Lipinski definition) is 0. The van der Waals surface area contributed by atoms with E-state index in [4.69, 9.17) is 4.74 Å². The summed E-state index contributed by atoms with van der Waals surface area (Å²) >= 11 is 3.41. The Morgan fingerprint density at radius 3 is 2.82 bits per heavy atom. The Labute approximate surface area is 107 Å². The highest BCUT2D eigenvalue weighted by atomic mass is 79.9. The summed E-state index contributed by atoms with van der Waals surface area (Å²) in [6, 6.07) is 3.51. The Hall–Kier alpha value is -1.08. The molecule has 7 heteroatoms. The van der Waals surface area contributed by atoms with Gasteiger partial charge in [0.25, 0.3) is 0 Å². The molecule has 0 spiro atoms. The fourth-order valence-corrected chi connectivity index (χ4v) is 2.21. The topological polar surface area (TPSA) is 61.2 Å². The number of halogens is 1. The number of nitrogens with zero attached hydrogens (tertiary/aromatic N) is 2. The minimum atomic E-state index is -3.16. The van der Waals surface area contributed by atoms with Crippen molar-refractivity contribution in [2.75, 3.05) is 12.2 Å². The average Bonchev–Trinajstić information content (AvgIpc) is 2.58. The van der Waals surface area contributed by atoms with Crippen molar-refractivity contribution in [2.45, 2.75) is 0 Å². The van der Waals surface area contributed by atoms with Crippen LogP contribution >= 0.6 is 15.9 Å². The van der Waals surface area contributed by atoms with Crippen LogP contribution < -0.4 is 4.74 Å². The summed E-state index contributed by atoms with van der Waals surface area (Å²) in [4.78, 5) is 0. The minimum absolute atomic E-state index is 0.347. The first-order valence-electron chi connectivity index (χ1n) is 4.79. The molecule has 0 amide bonds. The van der Waals surface area contributed by atoms with Gasteiger partial charge in [-0.1, -0.05) is 15.9 Å². The van der Waals surface area contributed by atoms with Crippen LogP contribution in [0.5, 0.6) is 5.75 Å². The molecule has 2 aromatic rings. The fraction of sp³-hybridized carbons (Fsp3) is 0.300. The first-order valence-corrected chi connectivity index (χ1v) is 7.64. The van der Waals surface area contributed by atoms with Crippen LogP contribution in [0.2, 0.25) is 0 Å². The van der Waals surface area contributed by atoms with E-state index in [2.05, 4.69) is 21.0 Å². The van der Waals surface area contributed by atoms with E-state index in [-0.39, 0.29) is 5.94 Å². The Morgan fingerprint density at radius 1 is 1.47 bits per heavy atom. The van der Waals surface area contributed by atoms with E-state index in [1.165, 1.54) is 0 Å². The van der Waals surface area contributed by atoms with Crippen molar-refractivity contribution in [3.63, 3.8) is 0 Å². The Kier molecular flexibility index (Phi) is 3.13. The van der Waals surface area contributed by atoms with Gasteiger partial charge in [-0.15, -0.1) is 0 Å². The van der Waals surface area contributed by atoms with E-state index in [1.54, 1.807) is 17.8 Å². The number of fused-ring (bicyclic) bond motifs is 1. The third-order valence-electron chi connectivity index (χ3n) is 2.13. The zero-order valence-corrected chi connectivity index (χ0v) is 11.7. The summed E-state index contributed by atoms with van der Waals surface area (Å²) in [5.74, 6) is 0.120. The Morgan fingerprint density at radius 2 is 2.18 bits per heavy atom. The molecular formula is C10H11BrN2O3S. The lowest BCUT2D eigenvalue weighted by Crippen LogP contribution is -2.09. The van der Waals surface area contributed by atoms with E-state index in [1.807, 2.05) is 12.3 Å². The molecule has 0 fully saturated rings.